The number of hydrogen-bond donors (Lipinski definition) is 2. The van der Waals surface area contributed by atoms with Crippen molar-refractivity contribution in [2.75, 3.05) is 6.61 Å². The lowest BCUT2D eigenvalue weighted by atomic mass is 10.1. The molecule has 0 aliphatic heterocycles. The second kappa shape index (κ2) is 9.61. The molecule has 0 saturated heterocycles. The van der Waals surface area contributed by atoms with E-state index in [2.05, 4.69) is 10.6 Å². The van der Waals surface area contributed by atoms with Gasteiger partial charge in [0.15, 0.2) is 6.61 Å². The molecule has 2 aromatic carbocycles. The number of rotatable bonds is 8. The molecule has 0 aliphatic rings. The summed E-state index contributed by atoms with van der Waals surface area (Å²) in [5.41, 5.74) is 1.53. The van der Waals surface area contributed by atoms with Crippen molar-refractivity contribution in [3.8, 4) is 5.75 Å². The van der Waals surface area contributed by atoms with Crippen molar-refractivity contribution in [1.29, 1.82) is 0 Å². The van der Waals surface area contributed by atoms with Crippen LogP contribution >= 0.6 is 0 Å². The van der Waals surface area contributed by atoms with Gasteiger partial charge in [0, 0.05) is 18.2 Å². The fourth-order valence-electron chi connectivity index (χ4n) is 2.22. The van der Waals surface area contributed by atoms with Crippen LogP contribution in [0.4, 0.5) is 0 Å². The quantitative estimate of drug-likeness (QED) is 0.765. The van der Waals surface area contributed by atoms with Crippen LogP contribution < -0.4 is 15.4 Å². The van der Waals surface area contributed by atoms with E-state index in [1.807, 2.05) is 51.1 Å². The van der Waals surface area contributed by atoms with Gasteiger partial charge in [0.1, 0.15) is 5.75 Å². The topological polar surface area (TPSA) is 67.4 Å². The predicted octanol–water partition coefficient (Wildman–Crippen LogP) is 3.16. The van der Waals surface area contributed by atoms with Gasteiger partial charge in [0.25, 0.3) is 11.8 Å². The maximum absolute atomic E-state index is 12.3. The molecule has 0 aromatic heterocycles. The van der Waals surface area contributed by atoms with Crippen LogP contribution in [0.15, 0.2) is 54.6 Å². The summed E-state index contributed by atoms with van der Waals surface area (Å²) >= 11 is 0. The number of hydrogen-bond acceptors (Lipinski definition) is 3. The largest absolute Gasteiger partial charge is 0.484 e. The van der Waals surface area contributed by atoms with Crippen molar-refractivity contribution in [1.82, 2.24) is 10.6 Å². The van der Waals surface area contributed by atoms with Gasteiger partial charge in [-0.2, -0.15) is 0 Å². The van der Waals surface area contributed by atoms with E-state index in [9.17, 15) is 9.59 Å². The highest BCUT2D eigenvalue weighted by Gasteiger charge is 2.12. The summed E-state index contributed by atoms with van der Waals surface area (Å²) in [6.45, 7) is 6.43. The Morgan fingerprint density at radius 1 is 1.00 bits per heavy atom. The number of amides is 2. The Balaban J connectivity index is 1.86. The van der Waals surface area contributed by atoms with Crippen LogP contribution in [-0.4, -0.2) is 24.5 Å². The Labute approximate surface area is 154 Å². The summed E-state index contributed by atoms with van der Waals surface area (Å²) in [6.07, 6.45) is 0. The Morgan fingerprint density at radius 3 is 2.42 bits per heavy atom. The van der Waals surface area contributed by atoms with E-state index < -0.39 is 0 Å². The van der Waals surface area contributed by atoms with E-state index in [-0.39, 0.29) is 24.5 Å². The van der Waals surface area contributed by atoms with Crippen molar-refractivity contribution >= 4 is 11.8 Å². The molecule has 5 nitrogen and oxygen atoms in total. The Hall–Kier alpha value is -2.82. The van der Waals surface area contributed by atoms with E-state index in [0.717, 1.165) is 5.56 Å². The molecule has 0 heterocycles. The van der Waals surface area contributed by atoms with Gasteiger partial charge >= 0.3 is 0 Å². The van der Waals surface area contributed by atoms with Crippen molar-refractivity contribution in [2.24, 2.45) is 5.92 Å². The van der Waals surface area contributed by atoms with Crippen LogP contribution in [0.1, 0.15) is 36.7 Å². The van der Waals surface area contributed by atoms with Crippen LogP contribution in [-0.2, 0) is 11.3 Å². The molecule has 1 atom stereocenters. The highest BCUT2D eigenvalue weighted by atomic mass is 16.5. The lowest BCUT2D eigenvalue weighted by Gasteiger charge is -2.17. The van der Waals surface area contributed by atoms with Gasteiger partial charge in [-0.15, -0.1) is 0 Å². The molecule has 0 unspecified atom stereocenters. The highest BCUT2D eigenvalue weighted by Crippen LogP contribution is 2.13. The molecule has 0 radical (unpaired) electrons. The fourth-order valence-corrected chi connectivity index (χ4v) is 2.22. The molecule has 2 rings (SSSR count). The van der Waals surface area contributed by atoms with Gasteiger partial charge in [-0.1, -0.05) is 50.2 Å². The van der Waals surface area contributed by atoms with E-state index in [0.29, 0.717) is 23.8 Å². The molecule has 0 aliphatic carbocycles. The van der Waals surface area contributed by atoms with E-state index in [4.69, 9.17) is 4.74 Å². The number of nitrogens with one attached hydrogen (secondary N) is 2. The summed E-state index contributed by atoms with van der Waals surface area (Å²) in [4.78, 5) is 24.2. The van der Waals surface area contributed by atoms with Gasteiger partial charge in [0.2, 0.25) is 0 Å². The first-order valence-electron chi connectivity index (χ1n) is 8.80. The van der Waals surface area contributed by atoms with Crippen LogP contribution in [0.5, 0.6) is 5.75 Å². The summed E-state index contributed by atoms with van der Waals surface area (Å²) in [5, 5.41) is 5.75. The molecule has 0 saturated carbocycles. The molecule has 2 amide bonds. The standard InChI is InChI=1S/C21H26N2O3/c1-15(2)16(3)23-20(24)14-26-19-11-7-10-18(12-19)21(25)22-13-17-8-5-4-6-9-17/h4-12,15-16H,13-14H2,1-3H3,(H,22,25)(H,23,24)/t16-/m0/s1. The van der Waals surface area contributed by atoms with Gasteiger partial charge in [0.05, 0.1) is 0 Å². The van der Waals surface area contributed by atoms with Crippen LogP contribution in [0, 0.1) is 5.92 Å². The number of ether oxygens (including phenoxy) is 1. The molecule has 2 aromatic rings. The Kier molecular flexibility index (Phi) is 7.21. The van der Waals surface area contributed by atoms with Crippen molar-refractivity contribution in [2.45, 2.75) is 33.4 Å². The van der Waals surface area contributed by atoms with Crippen LogP contribution in [0.2, 0.25) is 0 Å². The smallest absolute Gasteiger partial charge is 0.258 e. The average molecular weight is 354 g/mol. The SMILES string of the molecule is CC(C)[C@H](C)NC(=O)COc1cccc(C(=O)NCc2ccccc2)c1. The first-order chi connectivity index (χ1) is 12.5. The minimum absolute atomic E-state index is 0.0772. The molecule has 0 bridgehead atoms. The van der Waals surface area contributed by atoms with Gasteiger partial charge < -0.3 is 15.4 Å². The normalized spacial score (nSPS) is 11.7. The third-order valence-electron chi connectivity index (χ3n) is 4.15. The first-order valence-corrected chi connectivity index (χ1v) is 8.80. The molecule has 0 fully saturated rings. The number of carbonyl (C=O) groups is 2. The Bertz CT molecular complexity index is 729. The van der Waals surface area contributed by atoms with Crippen molar-refractivity contribution in [3.05, 3.63) is 65.7 Å². The van der Waals surface area contributed by atoms with E-state index >= 15 is 0 Å². The predicted molar refractivity (Wildman–Crippen MR) is 102 cm³/mol. The zero-order chi connectivity index (χ0) is 18.9. The third-order valence-corrected chi connectivity index (χ3v) is 4.15. The highest BCUT2D eigenvalue weighted by molar-refractivity contribution is 5.94. The monoisotopic (exact) mass is 354 g/mol. The van der Waals surface area contributed by atoms with Crippen LogP contribution in [0.3, 0.4) is 0 Å². The molecule has 5 heteroatoms. The molecule has 26 heavy (non-hydrogen) atoms. The fraction of sp³-hybridized carbons (Fsp3) is 0.333. The van der Waals surface area contributed by atoms with Crippen molar-refractivity contribution < 1.29 is 14.3 Å². The zero-order valence-electron chi connectivity index (χ0n) is 15.5. The molecular weight excluding hydrogens is 328 g/mol. The maximum atomic E-state index is 12.3. The lowest BCUT2D eigenvalue weighted by Crippen LogP contribution is -2.38. The second-order valence-electron chi connectivity index (χ2n) is 6.58. The van der Waals surface area contributed by atoms with E-state index in [1.54, 1.807) is 24.3 Å². The Morgan fingerprint density at radius 2 is 1.73 bits per heavy atom. The minimum Gasteiger partial charge on any atom is -0.484 e. The second-order valence-corrected chi connectivity index (χ2v) is 6.58. The summed E-state index contributed by atoms with van der Waals surface area (Å²) in [5.74, 6) is 0.489. The zero-order valence-corrected chi connectivity index (χ0v) is 15.5. The summed E-state index contributed by atoms with van der Waals surface area (Å²) < 4.78 is 5.51. The summed E-state index contributed by atoms with van der Waals surface area (Å²) in [6, 6.07) is 16.6. The van der Waals surface area contributed by atoms with Gasteiger partial charge in [-0.05, 0) is 36.6 Å². The van der Waals surface area contributed by atoms with Crippen molar-refractivity contribution in [3.63, 3.8) is 0 Å². The average Bonchev–Trinajstić information content (AvgIpc) is 2.65. The number of benzene rings is 2. The minimum atomic E-state index is -0.183. The lowest BCUT2D eigenvalue weighted by molar-refractivity contribution is -0.124. The molecule has 2 N–H and O–H groups in total. The van der Waals surface area contributed by atoms with E-state index in [1.165, 1.54) is 0 Å². The third kappa shape index (κ3) is 6.24. The maximum Gasteiger partial charge on any atom is 0.258 e. The van der Waals surface area contributed by atoms with Crippen LogP contribution in [0.25, 0.3) is 0 Å². The van der Waals surface area contributed by atoms with Gasteiger partial charge in [-0.25, -0.2) is 0 Å². The molecule has 138 valence electrons. The first kappa shape index (κ1) is 19.5. The summed E-state index contributed by atoms with van der Waals surface area (Å²) in [7, 11) is 0. The molecular formula is C21H26N2O3. The number of carbonyl (C=O) groups excluding carboxylic acids is 2. The molecule has 0 spiro atoms. The van der Waals surface area contributed by atoms with Gasteiger partial charge in [-0.3, -0.25) is 9.59 Å².